The SMILES string of the molecule is COc1cc(OC)nc(OC(N)=O)n1. The lowest BCUT2D eigenvalue weighted by Crippen LogP contribution is -2.18. The van der Waals surface area contributed by atoms with Gasteiger partial charge in [-0.15, -0.1) is 0 Å². The first-order chi connectivity index (χ1) is 6.65. The number of amides is 1. The van der Waals surface area contributed by atoms with Crippen LogP contribution < -0.4 is 19.9 Å². The quantitative estimate of drug-likeness (QED) is 0.733. The first kappa shape index (κ1) is 10.0. The Labute approximate surface area is 79.8 Å². The Kier molecular flexibility index (Phi) is 3.05. The zero-order valence-corrected chi connectivity index (χ0v) is 7.68. The van der Waals surface area contributed by atoms with Crippen LogP contribution in [-0.2, 0) is 0 Å². The van der Waals surface area contributed by atoms with Crippen molar-refractivity contribution in [2.75, 3.05) is 14.2 Å². The van der Waals surface area contributed by atoms with E-state index < -0.39 is 6.09 Å². The summed E-state index contributed by atoms with van der Waals surface area (Å²) in [6, 6.07) is 1.22. The molecule has 0 spiro atoms. The zero-order valence-electron chi connectivity index (χ0n) is 7.68. The summed E-state index contributed by atoms with van der Waals surface area (Å²) >= 11 is 0. The third kappa shape index (κ3) is 2.47. The fraction of sp³-hybridized carbons (Fsp3) is 0.286. The molecule has 0 saturated heterocycles. The van der Waals surface area contributed by atoms with E-state index in [1.807, 2.05) is 0 Å². The Morgan fingerprint density at radius 2 is 1.79 bits per heavy atom. The molecule has 7 heteroatoms. The molecule has 1 rings (SSSR count). The maximum absolute atomic E-state index is 10.4. The van der Waals surface area contributed by atoms with Gasteiger partial charge in [0.05, 0.1) is 20.3 Å². The highest BCUT2D eigenvalue weighted by molar-refractivity contribution is 5.67. The van der Waals surface area contributed by atoms with E-state index in [-0.39, 0.29) is 17.8 Å². The topological polar surface area (TPSA) is 96.6 Å². The molecule has 0 bridgehead atoms. The molecule has 0 aliphatic carbocycles. The van der Waals surface area contributed by atoms with Crippen LogP contribution in [0.1, 0.15) is 0 Å². The van der Waals surface area contributed by atoms with Gasteiger partial charge in [0.25, 0.3) is 0 Å². The van der Waals surface area contributed by atoms with E-state index in [2.05, 4.69) is 14.7 Å². The van der Waals surface area contributed by atoms with E-state index in [1.54, 1.807) is 0 Å². The Morgan fingerprint density at radius 1 is 1.29 bits per heavy atom. The van der Waals surface area contributed by atoms with Gasteiger partial charge in [0, 0.05) is 0 Å². The predicted octanol–water partition coefficient (Wildman–Crippen LogP) is -0.0487. The summed E-state index contributed by atoms with van der Waals surface area (Å²) in [5.74, 6) is 0.432. The molecule has 14 heavy (non-hydrogen) atoms. The van der Waals surface area contributed by atoms with Crippen LogP contribution in [0.4, 0.5) is 4.79 Å². The molecule has 0 fully saturated rings. The highest BCUT2D eigenvalue weighted by atomic mass is 16.6. The van der Waals surface area contributed by atoms with Crippen molar-refractivity contribution in [2.24, 2.45) is 5.73 Å². The van der Waals surface area contributed by atoms with E-state index >= 15 is 0 Å². The Bertz CT molecular complexity index is 319. The second-order valence-electron chi connectivity index (χ2n) is 2.16. The van der Waals surface area contributed by atoms with Crippen molar-refractivity contribution in [3.8, 4) is 17.8 Å². The van der Waals surface area contributed by atoms with Gasteiger partial charge in [-0.2, -0.15) is 9.97 Å². The van der Waals surface area contributed by atoms with E-state index in [4.69, 9.17) is 15.2 Å². The van der Waals surface area contributed by atoms with Crippen LogP contribution in [0, 0.1) is 0 Å². The number of methoxy groups -OCH3 is 2. The van der Waals surface area contributed by atoms with Gasteiger partial charge < -0.3 is 19.9 Å². The van der Waals surface area contributed by atoms with Gasteiger partial charge in [-0.25, -0.2) is 4.79 Å². The van der Waals surface area contributed by atoms with Gasteiger partial charge in [0.15, 0.2) is 0 Å². The molecule has 7 nitrogen and oxygen atoms in total. The number of primary amides is 1. The van der Waals surface area contributed by atoms with Crippen LogP contribution >= 0.6 is 0 Å². The summed E-state index contributed by atoms with van der Waals surface area (Å²) in [5.41, 5.74) is 4.78. The highest BCUT2D eigenvalue weighted by Gasteiger charge is 2.08. The molecular weight excluding hydrogens is 190 g/mol. The lowest BCUT2D eigenvalue weighted by Gasteiger charge is -2.04. The molecule has 0 aromatic carbocycles. The summed E-state index contributed by atoms with van der Waals surface area (Å²) in [6.07, 6.45) is -1.000. The summed E-state index contributed by atoms with van der Waals surface area (Å²) in [4.78, 5) is 17.8. The van der Waals surface area contributed by atoms with Crippen LogP contribution in [0.25, 0.3) is 0 Å². The van der Waals surface area contributed by atoms with Gasteiger partial charge in [0.2, 0.25) is 11.8 Å². The molecule has 0 saturated carbocycles. The standard InChI is InChI=1S/C7H9N3O4/c1-12-4-3-5(13-2)10-7(9-4)14-6(8)11/h3H,1-2H3,(H2,8,11). The molecule has 1 amide bonds. The number of hydrogen-bond donors (Lipinski definition) is 1. The number of rotatable bonds is 3. The monoisotopic (exact) mass is 199 g/mol. The van der Waals surface area contributed by atoms with E-state index in [0.717, 1.165) is 0 Å². The van der Waals surface area contributed by atoms with Gasteiger partial charge in [-0.3, -0.25) is 0 Å². The van der Waals surface area contributed by atoms with E-state index in [0.29, 0.717) is 0 Å². The lowest BCUT2D eigenvalue weighted by molar-refractivity contribution is 0.205. The number of ether oxygens (including phenoxy) is 3. The minimum atomic E-state index is -1.000. The molecule has 76 valence electrons. The van der Waals surface area contributed by atoms with Crippen molar-refractivity contribution >= 4 is 6.09 Å². The molecule has 0 atom stereocenters. The van der Waals surface area contributed by atoms with Crippen molar-refractivity contribution < 1.29 is 19.0 Å². The molecule has 0 unspecified atom stereocenters. The molecule has 0 aliphatic rings. The smallest absolute Gasteiger partial charge is 0.412 e. The average molecular weight is 199 g/mol. The van der Waals surface area contributed by atoms with E-state index in [1.165, 1.54) is 20.3 Å². The maximum Gasteiger partial charge on any atom is 0.412 e. The van der Waals surface area contributed by atoms with Gasteiger partial charge >= 0.3 is 12.1 Å². The molecule has 0 radical (unpaired) electrons. The molecule has 2 N–H and O–H groups in total. The van der Waals surface area contributed by atoms with Crippen LogP contribution in [0.3, 0.4) is 0 Å². The van der Waals surface area contributed by atoms with E-state index in [9.17, 15) is 4.79 Å². The van der Waals surface area contributed by atoms with Crippen LogP contribution in [0.15, 0.2) is 6.07 Å². The maximum atomic E-state index is 10.4. The third-order valence-corrected chi connectivity index (χ3v) is 1.27. The van der Waals surface area contributed by atoms with Crippen LogP contribution in [0.5, 0.6) is 17.8 Å². The van der Waals surface area contributed by atoms with Crippen molar-refractivity contribution in [1.29, 1.82) is 0 Å². The number of carbonyl (C=O) groups excluding carboxylic acids is 1. The molecule has 1 heterocycles. The number of aromatic nitrogens is 2. The second-order valence-corrected chi connectivity index (χ2v) is 2.16. The molecule has 0 aliphatic heterocycles. The number of hydrogen-bond acceptors (Lipinski definition) is 6. The van der Waals surface area contributed by atoms with Crippen molar-refractivity contribution in [3.63, 3.8) is 0 Å². The molecule has 1 aromatic rings. The summed E-state index contributed by atoms with van der Waals surface area (Å²) in [5, 5.41) is 0. The fourth-order valence-corrected chi connectivity index (χ4v) is 0.728. The Balaban J connectivity index is 2.98. The normalized spacial score (nSPS) is 9.29. The highest BCUT2D eigenvalue weighted by Crippen LogP contribution is 2.18. The minimum absolute atomic E-state index is 0.214. The van der Waals surface area contributed by atoms with Gasteiger partial charge in [-0.05, 0) is 0 Å². The van der Waals surface area contributed by atoms with Crippen LogP contribution in [0.2, 0.25) is 0 Å². The summed E-state index contributed by atoms with van der Waals surface area (Å²) in [7, 11) is 2.83. The minimum Gasteiger partial charge on any atom is -0.481 e. The lowest BCUT2D eigenvalue weighted by atomic mass is 10.6. The number of nitrogens with zero attached hydrogens (tertiary/aromatic N) is 2. The average Bonchev–Trinajstić information content (AvgIpc) is 2.16. The first-order valence-corrected chi connectivity index (χ1v) is 3.60. The van der Waals surface area contributed by atoms with Gasteiger partial charge in [0.1, 0.15) is 0 Å². The van der Waals surface area contributed by atoms with Gasteiger partial charge in [-0.1, -0.05) is 0 Å². The van der Waals surface area contributed by atoms with Crippen LogP contribution in [-0.4, -0.2) is 30.3 Å². The molecular formula is C7H9N3O4. The fourth-order valence-electron chi connectivity index (χ4n) is 0.728. The summed E-state index contributed by atoms with van der Waals surface area (Å²) in [6.45, 7) is 0. The second kappa shape index (κ2) is 4.26. The predicted molar refractivity (Wildman–Crippen MR) is 45.3 cm³/mol. The number of nitrogens with two attached hydrogens (primary N) is 1. The van der Waals surface area contributed by atoms with Crippen molar-refractivity contribution in [2.45, 2.75) is 0 Å². The molecule has 1 aromatic heterocycles. The van der Waals surface area contributed by atoms with Crippen molar-refractivity contribution in [3.05, 3.63) is 6.07 Å². The van der Waals surface area contributed by atoms with Crippen molar-refractivity contribution in [1.82, 2.24) is 9.97 Å². The first-order valence-electron chi connectivity index (χ1n) is 3.60. The number of carbonyl (C=O) groups is 1. The Hall–Kier alpha value is -2.05. The largest absolute Gasteiger partial charge is 0.481 e. The summed E-state index contributed by atoms with van der Waals surface area (Å²) < 4.78 is 14.1. The Morgan fingerprint density at radius 3 is 2.14 bits per heavy atom. The third-order valence-electron chi connectivity index (χ3n) is 1.27. The zero-order chi connectivity index (χ0) is 10.6.